The van der Waals surface area contributed by atoms with Crippen molar-refractivity contribution in [3.63, 3.8) is 0 Å². The highest BCUT2D eigenvalue weighted by atomic mass is 79.9. The van der Waals surface area contributed by atoms with Gasteiger partial charge in [0.2, 0.25) is 5.89 Å². The monoisotopic (exact) mass is 414 g/mol. The highest BCUT2D eigenvalue weighted by molar-refractivity contribution is 9.11. The summed E-state index contributed by atoms with van der Waals surface area (Å²) < 4.78 is 6.84. The molecule has 1 aromatic carbocycles. The number of hydrogen-bond acceptors (Lipinski definition) is 5. The Bertz CT molecular complexity index is 668. The van der Waals surface area contributed by atoms with E-state index < -0.39 is 5.91 Å². The van der Waals surface area contributed by atoms with Crippen LogP contribution in [-0.2, 0) is 0 Å². The molecule has 1 unspecified atom stereocenters. The summed E-state index contributed by atoms with van der Waals surface area (Å²) in [5.74, 6) is 0.104. The molecule has 1 fully saturated rings. The van der Waals surface area contributed by atoms with Crippen LogP contribution in [0.15, 0.2) is 31.7 Å². The van der Waals surface area contributed by atoms with Gasteiger partial charge in [-0.25, -0.2) is 0 Å². The molecule has 2 N–H and O–H groups in total. The van der Waals surface area contributed by atoms with Gasteiger partial charge in [-0.05, 0) is 53.5 Å². The van der Waals surface area contributed by atoms with Crippen molar-refractivity contribution in [1.82, 2.24) is 15.5 Å². The lowest BCUT2D eigenvalue weighted by molar-refractivity contribution is 0.101. The third kappa shape index (κ3) is 3.33. The minimum Gasteiger partial charge on any atom is -0.337 e. The molecule has 1 atom stereocenters. The average Bonchev–Trinajstić information content (AvgIpc) is 3.10. The maximum Gasteiger partial charge on any atom is 0.297 e. The number of rotatable bonds is 3. The first kappa shape index (κ1) is 14.7. The lowest BCUT2D eigenvalue weighted by Gasteiger charge is -2.05. The molecule has 1 amide bonds. The number of nitrogens with zero attached hydrogens (tertiary/aromatic N) is 2. The fraction of sp³-hybridized carbons (Fsp3) is 0.308. The third-order valence-electron chi connectivity index (χ3n) is 3.18. The molecule has 1 aliphatic rings. The molecular weight excluding hydrogens is 404 g/mol. The maximum absolute atomic E-state index is 12.1. The molecule has 0 radical (unpaired) electrons. The molecule has 8 heteroatoms. The van der Waals surface area contributed by atoms with Gasteiger partial charge in [0, 0.05) is 8.95 Å². The van der Waals surface area contributed by atoms with Crippen molar-refractivity contribution in [3.05, 3.63) is 38.9 Å². The zero-order chi connectivity index (χ0) is 14.8. The summed E-state index contributed by atoms with van der Waals surface area (Å²) in [5.41, 5.74) is 0.647. The SMILES string of the molecule is O=C(Nc1ccc(Br)cc1Br)c1noc(C2CCCN2)n1. The van der Waals surface area contributed by atoms with E-state index in [9.17, 15) is 4.79 Å². The Labute approximate surface area is 137 Å². The lowest BCUT2D eigenvalue weighted by Crippen LogP contribution is -2.16. The first-order valence-electron chi connectivity index (χ1n) is 6.47. The number of carbonyl (C=O) groups is 1. The molecule has 1 aromatic heterocycles. The minimum absolute atomic E-state index is 0.0357. The molecule has 110 valence electrons. The van der Waals surface area contributed by atoms with Crippen LogP contribution in [0.2, 0.25) is 0 Å². The van der Waals surface area contributed by atoms with Crippen molar-refractivity contribution in [3.8, 4) is 0 Å². The molecule has 0 aliphatic carbocycles. The van der Waals surface area contributed by atoms with Crippen LogP contribution in [0.3, 0.4) is 0 Å². The topological polar surface area (TPSA) is 80.0 Å². The number of anilines is 1. The highest BCUT2D eigenvalue weighted by Crippen LogP contribution is 2.26. The third-order valence-corrected chi connectivity index (χ3v) is 4.33. The minimum atomic E-state index is -0.397. The summed E-state index contributed by atoms with van der Waals surface area (Å²) in [4.78, 5) is 16.3. The largest absolute Gasteiger partial charge is 0.337 e. The Kier molecular flexibility index (Phi) is 4.37. The van der Waals surface area contributed by atoms with Crippen molar-refractivity contribution in [2.45, 2.75) is 18.9 Å². The van der Waals surface area contributed by atoms with E-state index in [1.54, 1.807) is 6.07 Å². The summed E-state index contributed by atoms with van der Waals surface area (Å²) in [6.45, 7) is 0.931. The van der Waals surface area contributed by atoms with E-state index in [0.717, 1.165) is 28.3 Å². The second kappa shape index (κ2) is 6.25. The highest BCUT2D eigenvalue weighted by Gasteiger charge is 2.24. The Hall–Kier alpha value is -1.25. The molecule has 0 saturated carbocycles. The fourth-order valence-corrected chi connectivity index (χ4v) is 3.28. The van der Waals surface area contributed by atoms with Gasteiger partial charge < -0.3 is 15.2 Å². The smallest absolute Gasteiger partial charge is 0.297 e. The standard InChI is InChI=1S/C13H12Br2N4O2/c14-7-3-4-9(8(15)6-7)17-12(20)11-18-13(21-19-11)10-2-1-5-16-10/h3-4,6,10,16H,1-2,5H2,(H,17,20). The van der Waals surface area contributed by atoms with Gasteiger partial charge in [0.05, 0.1) is 11.7 Å². The van der Waals surface area contributed by atoms with E-state index in [0.29, 0.717) is 11.6 Å². The molecule has 2 heterocycles. The molecular formula is C13H12Br2N4O2. The predicted octanol–water partition coefficient (Wildman–Crippen LogP) is 3.27. The molecule has 3 rings (SSSR count). The number of benzene rings is 1. The Morgan fingerprint density at radius 3 is 3.00 bits per heavy atom. The van der Waals surface area contributed by atoms with E-state index in [2.05, 4.69) is 52.6 Å². The van der Waals surface area contributed by atoms with Crippen LogP contribution in [0.25, 0.3) is 0 Å². The first-order chi connectivity index (χ1) is 10.1. The van der Waals surface area contributed by atoms with Gasteiger partial charge in [0.15, 0.2) is 0 Å². The lowest BCUT2D eigenvalue weighted by atomic mass is 10.2. The number of carbonyl (C=O) groups excluding carboxylic acids is 1. The van der Waals surface area contributed by atoms with Crippen LogP contribution in [0.1, 0.15) is 35.4 Å². The van der Waals surface area contributed by atoms with E-state index in [1.807, 2.05) is 12.1 Å². The van der Waals surface area contributed by atoms with Crippen LogP contribution in [0, 0.1) is 0 Å². The van der Waals surface area contributed by atoms with Gasteiger partial charge in [0.1, 0.15) is 0 Å². The summed E-state index contributed by atoms with van der Waals surface area (Å²) in [7, 11) is 0. The van der Waals surface area contributed by atoms with Crippen LogP contribution < -0.4 is 10.6 Å². The van der Waals surface area contributed by atoms with Crippen molar-refractivity contribution in [2.24, 2.45) is 0 Å². The molecule has 1 aliphatic heterocycles. The van der Waals surface area contributed by atoms with Gasteiger partial charge in [-0.3, -0.25) is 4.79 Å². The van der Waals surface area contributed by atoms with Gasteiger partial charge in [0.25, 0.3) is 11.7 Å². The van der Waals surface area contributed by atoms with Gasteiger partial charge in [-0.1, -0.05) is 21.1 Å². The average molecular weight is 416 g/mol. The van der Waals surface area contributed by atoms with E-state index in [4.69, 9.17) is 4.52 Å². The summed E-state index contributed by atoms with van der Waals surface area (Å²) >= 11 is 6.75. The molecule has 1 saturated heterocycles. The Morgan fingerprint density at radius 2 is 2.29 bits per heavy atom. The van der Waals surface area contributed by atoms with Crippen LogP contribution in [0.5, 0.6) is 0 Å². The van der Waals surface area contributed by atoms with Crippen molar-refractivity contribution >= 4 is 43.5 Å². The fourth-order valence-electron chi connectivity index (χ4n) is 2.13. The zero-order valence-corrected chi connectivity index (χ0v) is 14.1. The van der Waals surface area contributed by atoms with Crippen LogP contribution >= 0.6 is 31.9 Å². The van der Waals surface area contributed by atoms with Gasteiger partial charge in [-0.15, -0.1) is 0 Å². The summed E-state index contributed by atoms with van der Waals surface area (Å²) in [6.07, 6.45) is 2.02. The number of halogens is 2. The van der Waals surface area contributed by atoms with Gasteiger partial charge in [-0.2, -0.15) is 4.98 Å². The van der Waals surface area contributed by atoms with Crippen molar-refractivity contribution in [1.29, 1.82) is 0 Å². The number of amides is 1. The van der Waals surface area contributed by atoms with Gasteiger partial charge >= 0.3 is 0 Å². The molecule has 21 heavy (non-hydrogen) atoms. The maximum atomic E-state index is 12.1. The van der Waals surface area contributed by atoms with Crippen LogP contribution in [0.4, 0.5) is 5.69 Å². The molecule has 0 bridgehead atoms. The predicted molar refractivity (Wildman–Crippen MR) is 84.1 cm³/mol. The second-order valence-corrected chi connectivity index (χ2v) is 6.45. The Morgan fingerprint density at radius 1 is 1.43 bits per heavy atom. The first-order valence-corrected chi connectivity index (χ1v) is 8.05. The van der Waals surface area contributed by atoms with E-state index >= 15 is 0 Å². The summed E-state index contributed by atoms with van der Waals surface area (Å²) in [6, 6.07) is 5.52. The summed E-state index contributed by atoms with van der Waals surface area (Å²) in [5, 5.41) is 9.74. The number of aromatic nitrogens is 2. The van der Waals surface area contributed by atoms with Crippen molar-refractivity contribution in [2.75, 3.05) is 11.9 Å². The molecule has 2 aromatic rings. The van der Waals surface area contributed by atoms with E-state index in [-0.39, 0.29) is 11.9 Å². The molecule has 0 spiro atoms. The second-order valence-electron chi connectivity index (χ2n) is 4.68. The van der Waals surface area contributed by atoms with E-state index in [1.165, 1.54) is 0 Å². The van der Waals surface area contributed by atoms with Crippen LogP contribution in [-0.4, -0.2) is 22.6 Å². The number of hydrogen-bond donors (Lipinski definition) is 2. The Balaban J connectivity index is 1.73. The molecule has 6 nitrogen and oxygen atoms in total. The van der Waals surface area contributed by atoms with Crippen molar-refractivity contribution < 1.29 is 9.32 Å². The quantitative estimate of drug-likeness (QED) is 0.803. The zero-order valence-electron chi connectivity index (χ0n) is 10.9. The normalized spacial score (nSPS) is 17.9. The number of nitrogens with one attached hydrogen (secondary N) is 2.